The van der Waals surface area contributed by atoms with Crippen molar-refractivity contribution < 1.29 is 4.79 Å². The van der Waals surface area contributed by atoms with Crippen LogP contribution in [0.2, 0.25) is 0 Å². The van der Waals surface area contributed by atoms with Crippen molar-refractivity contribution in [3.63, 3.8) is 0 Å². The molecule has 80 valence electrons. The Balaban J connectivity index is 2.31. The highest BCUT2D eigenvalue weighted by Crippen LogP contribution is 2.41. The highest BCUT2D eigenvalue weighted by atomic mass is 32.2. The van der Waals surface area contributed by atoms with Gasteiger partial charge in [0.05, 0.1) is 4.91 Å². The van der Waals surface area contributed by atoms with Crippen LogP contribution in [0.5, 0.6) is 0 Å². The van der Waals surface area contributed by atoms with E-state index in [0.29, 0.717) is 10.2 Å². The number of aryl methyl sites for hydroxylation is 1. The minimum Gasteiger partial charge on any atom is -0.365 e. The van der Waals surface area contributed by atoms with Gasteiger partial charge in [0.2, 0.25) is 0 Å². The first-order chi connectivity index (χ1) is 7.09. The molecule has 2 unspecified atom stereocenters. The topological polar surface area (TPSA) is 60.9 Å². The van der Waals surface area contributed by atoms with Crippen molar-refractivity contribution in [2.24, 2.45) is 12.8 Å². The van der Waals surface area contributed by atoms with Crippen molar-refractivity contribution in [1.29, 1.82) is 0 Å². The summed E-state index contributed by atoms with van der Waals surface area (Å²) in [6.07, 6.45) is 3.71. The number of hydrogen-bond acceptors (Lipinski definition) is 3. The van der Waals surface area contributed by atoms with Gasteiger partial charge in [0.25, 0.3) is 5.91 Å². The number of allylic oxidation sites excluding steroid dienone is 1. The third-order valence-corrected chi connectivity index (χ3v) is 3.85. The van der Waals surface area contributed by atoms with Crippen LogP contribution in [0, 0.1) is 0 Å². The first kappa shape index (κ1) is 10.3. The summed E-state index contributed by atoms with van der Waals surface area (Å²) in [7, 11) is 1.91. The highest BCUT2D eigenvalue weighted by molar-refractivity contribution is 8.04. The fourth-order valence-electron chi connectivity index (χ4n) is 1.79. The Hall–Kier alpha value is -1.23. The van der Waals surface area contributed by atoms with Gasteiger partial charge in [0, 0.05) is 30.1 Å². The van der Waals surface area contributed by atoms with Crippen LogP contribution in [-0.4, -0.2) is 20.9 Å². The summed E-state index contributed by atoms with van der Waals surface area (Å²) in [5.41, 5.74) is 6.38. The Bertz CT molecular complexity index is 424. The number of thioether (sulfide) groups is 1. The molecule has 1 amide bonds. The Labute approximate surface area is 92.5 Å². The third kappa shape index (κ3) is 1.79. The summed E-state index contributed by atoms with van der Waals surface area (Å²) in [6.45, 7) is 2.09. The number of rotatable bonds is 2. The van der Waals surface area contributed by atoms with Crippen molar-refractivity contribution >= 4 is 17.7 Å². The second kappa shape index (κ2) is 3.73. The largest absolute Gasteiger partial charge is 0.365 e. The molecule has 0 fully saturated rings. The van der Waals surface area contributed by atoms with E-state index >= 15 is 0 Å². The number of carbonyl (C=O) groups excluding carboxylic acids is 1. The molecule has 2 N–H and O–H groups in total. The maximum atomic E-state index is 11.1. The zero-order valence-corrected chi connectivity index (χ0v) is 9.49. The summed E-state index contributed by atoms with van der Waals surface area (Å²) in [4.78, 5) is 11.7. The van der Waals surface area contributed by atoms with Crippen LogP contribution in [0.3, 0.4) is 0 Å². The van der Waals surface area contributed by atoms with E-state index in [4.69, 9.17) is 5.73 Å². The standard InChI is InChI=1S/C10H13N3OS/c1-6-7(5-9(15-6)10(11)14)8-3-4-12-13(8)2/h3-7H,1-2H3,(H2,11,14). The van der Waals surface area contributed by atoms with Gasteiger partial charge in [-0.3, -0.25) is 9.48 Å². The van der Waals surface area contributed by atoms with E-state index in [-0.39, 0.29) is 11.8 Å². The summed E-state index contributed by atoms with van der Waals surface area (Å²) in [6, 6.07) is 1.97. The highest BCUT2D eigenvalue weighted by Gasteiger charge is 2.29. The molecule has 1 aliphatic heterocycles. The second-order valence-corrected chi connectivity index (χ2v) is 5.04. The van der Waals surface area contributed by atoms with Crippen molar-refractivity contribution in [3.8, 4) is 0 Å². The molecule has 0 saturated carbocycles. The number of amides is 1. The molecule has 0 bridgehead atoms. The fraction of sp³-hybridized carbons (Fsp3) is 0.400. The monoisotopic (exact) mass is 223 g/mol. The van der Waals surface area contributed by atoms with Crippen LogP contribution < -0.4 is 5.73 Å². The summed E-state index contributed by atoms with van der Waals surface area (Å²) >= 11 is 1.53. The normalized spacial score (nSPS) is 25.3. The molecule has 1 aromatic heterocycles. The average Bonchev–Trinajstić information content (AvgIpc) is 2.71. The van der Waals surface area contributed by atoms with Gasteiger partial charge >= 0.3 is 0 Å². The van der Waals surface area contributed by atoms with Gasteiger partial charge in [-0.1, -0.05) is 13.0 Å². The van der Waals surface area contributed by atoms with Crippen molar-refractivity contribution in [1.82, 2.24) is 9.78 Å². The van der Waals surface area contributed by atoms with Crippen molar-refractivity contribution in [3.05, 3.63) is 28.9 Å². The van der Waals surface area contributed by atoms with E-state index < -0.39 is 0 Å². The zero-order valence-electron chi connectivity index (χ0n) is 8.68. The molecule has 2 heterocycles. The zero-order chi connectivity index (χ0) is 11.0. The second-order valence-electron chi connectivity index (χ2n) is 3.62. The van der Waals surface area contributed by atoms with E-state index in [9.17, 15) is 4.79 Å². The van der Waals surface area contributed by atoms with Crippen LogP contribution >= 0.6 is 11.8 Å². The molecule has 0 aliphatic carbocycles. The van der Waals surface area contributed by atoms with Crippen molar-refractivity contribution in [2.45, 2.75) is 18.1 Å². The van der Waals surface area contributed by atoms with Gasteiger partial charge in [0.1, 0.15) is 0 Å². The fourth-order valence-corrected chi connectivity index (χ4v) is 2.90. The van der Waals surface area contributed by atoms with E-state index in [1.807, 2.05) is 23.9 Å². The van der Waals surface area contributed by atoms with Gasteiger partial charge in [-0.05, 0) is 6.07 Å². The Kier molecular flexibility index (Phi) is 2.56. The number of primary amides is 1. The first-order valence-electron chi connectivity index (χ1n) is 4.76. The van der Waals surface area contributed by atoms with Crippen LogP contribution in [0.4, 0.5) is 0 Å². The molecule has 0 aromatic carbocycles. The average molecular weight is 223 g/mol. The molecule has 15 heavy (non-hydrogen) atoms. The number of hydrogen-bond donors (Lipinski definition) is 1. The molecule has 4 nitrogen and oxygen atoms in total. The Morgan fingerprint density at radius 1 is 1.67 bits per heavy atom. The molecular weight excluding hydrogens is 210 g/mol. The van der Waals surface area contributed by atoms with Crippen LogP contribution in [0.25, 0.3) is 0 Å². The summed E-state index contributed by atoms with van der Waals surface area (Å²) < 4.78 is 1.84. The van der Waals surface area contributed by atoms with Gasteiger partial charge in [-0.2, -0.15) is 5.10 Å². The smallest absolute Gasteiger partial charge is 0.254 e. The Morgan fingerprint density at radius 3 is 2.87 bits per heavy atom. The van der Waals surface area contributed by atoms with Gasteiger partial charge in [0.15, 0.2) is 0 Å². The lowest BCUT2D eigenvalue weighted by atomic mass is 10.0. The Morgan fingerprint density at radius 2 is 2.40 bits per heavy atom. The molecular formula is C10H13N3OS. The van der Waals surface area contributed by atoms with E-state index in [1.54, 1.807) is 6.20 Å². The molecule has 2 atom stereocenters. The minimum absolute atomic E-state index is 0.227. The number of aromatic nitrogens is 2. The minimum atomic E-state index is -0.337. The molecule has 0 radical (unpaired) electrons. The van der Waals surface area contributed by atoms with E-state index in [1.165, 1.54) is 11.8 Å². The molecule has 0 spiro atoms. The van der Waals surface area contributed by atoms with Gasteiger partial charge < -0.3 is 5.73 Å². The van der Waals surface area contributed by atoms with Crippen molar-refractivity contribution in [2.75, 3.05) is 0 Å². The lowest BCUT2D eigenvalue weighted by molar-refractivity contribution is -0.113. The third-order valence-electron chi connectivity index (χ3n) is 2.59. The predicted molar refractivity (Wildman–Crippen MR) is 60.3 cm³/mol. The lowest BCUT2D eigenvalue weighted by Crippen LogP contribution is -2.10. The van der Waals surface area contributed by atoms with Crippen LogP contribution in [0.1, 0.15) is 18.5 Å². The maximum absolute atomic E-state index is 11.1. The van der Waals surface area contributed by atoms with Gasteiger partial charge in [-0.15, -0.1) is 11.8 Å². The maximum Gasteiger partial charge on any atom is 0.254 e. The number of carbonyl (C=O) groups is 1. The molecule has 2 rings (SSSR count). The van der Waals surface area contributed by atoms with E-state index in [0.717, 1.165) is 5.69 Å². The van der Waals surface area contributed by atoms with E-state index in [2.05, 4.69) is 12.0 Å². The predicted octanol–water partition coefficient (Wildman–Crippen LogP) is 1.01. The number of nitrogens with two attached hydrogens (primary N) is 1. The first-order valence-corrected chi connectivity index (χ1v) is 5.63. The molecule has 1 aromatic rings. The summed E-state index contributed by atoms with van der Waals surface area (Å²) in [5, 5.41) is 4.46. The molecule has 0 saturated heterocycles. The summed E-state index contributed by atoms with van der Waals surface area (Å²) in [5.74, 6) is -0.110. The molecule has 1 aliphatic rings. The quantitative estimate of drug-likeness (QED) is 0.814. The number of nitrogens with zero attached hydrogens (tertiary/aromatic N) is 2. The van der Waals surface area contributed by atoms with Crippen LogP contribution in [-0.2, 0) is 11.8 Å². The van der Waals surface area contributed by atoms with Gasteiger partial charge in [-0.25, -0.2) is 0 Å². The SMILES string of the molecule is CC1SC(C(N)=O)=CC1c1ccnn1C. The van der Waals surface area contributed by atoms with Crippen LogP contribution in [0.15, 0.2) is 23.2 Å². The molecule has 5 heteroatoms. The lowest BCUT2D eigenvalue weighted by Gasteiger charge is -2.13.